The minimum atomic E-state index is 0.0937. The van der Waals surface area contributed by atoms with E-state index >= 15 is 0 Å². The first kappa shape index (κ1) is 9.93. The van der Waals surface area contributed by atoms with Crippen molar-refractivity contribution in [3.8, 4) is 0 Å². The Labute approximate surface area is 79.3 Å². The van der Waals surface area contributed by atoms with Gasteiger partial charge in [0.15, 0.2) is 0 Å². The molecule has 70 valence electrons. The molecule has 1 aliphatic heterocycles. The lowest BCUT2D eigenvalue weighted by molar-refractivity contribution is -0.0614. The Hall–Kier alpha value is -0.150. The second-order valence-corrected chi connectivity index (χ2v) is 4.00. The normalized spacial score (nSPS) is 28.6. The van der Waals surface area contributed by atoms with E-state index in [2.05, 4.69) is 26.5 Å². The van der Waals surface area contributed by atoms with Crippen molar-refractivity contribution < 1.29 is 9.47 Å². The molecule has 0 bridgehead atoms. The molecule has 1 unspecified atom stereocenters. The third kappa shape index (κ3) is 2.17. The third-order valence-corrected chi connectivity index (χ3v) is 2.08. The van der Waals surface area contributed by atoms with E-state index in [4.69, 9.17) is 9.47 Å². The standard InChI is InChI=1S/C9H16O2S/c1-6(2)8-9(7(3)12)11-5-4-10-8/h6,8,12H,4-5H2,1-3H3/b9-7+. The number of hydrogen-bond donors (Lipinski definition) is 1. The van der Waals surface area contributed by atoms with Gasteiger partial charge in [-0.2, -0.15) is 0 Å². The molecule has 0 aliphatic carbocycles. The van der Waals surface area contributed by atoms with Crippen LogP contribution in [-0.2, 0) is 9.47 Å². The zero-order chi connectivity index (χ0) is 9.14. The van der Waals surface area contributed by atoms with Gasteiger partial charge in [0.05, 0.1) is 6.61 Å². The number of ether oxygens (including phenoxy) is 2. The van der Waals surface area contributed by atoms with Crippen LogP contribution < -0.4 is 0 Å². The molecule has 12 heavy (non-hydrogen) atoms. The van der Waals surface area contributed by atoms with Gasteiger partial charge in [0.25, 0.3) is 0 Å². The summed E-state index contributed by atoms with van der Waals surface area (Å²) in [5.41, 5.74) is 0. The van der Waals surface area contributed by atoms with Gasteiger partial charge >= 0.3 is 0 Å². The Morgan fingerprint density at radius 3 is 2.58 bits per heavy atom. The maximum Gasteiger partial charge on any atom is 0.134 e. The lowest BCUT2D eigenvalue weighted by Gasteiger charge is -2.29. The Morgan fingerprint density at radius 1 is 1.50 bits per heavy atom. The van der Waals surface area contributed by atoms with Gasteiger partial charge in [-0.3, -0.25) is 0 Å². The Kier molecular flexibility index (Phi) is 3.47. The summed E-state index contributed by atoms with van der Waals surface area (Å²) in [4.78, 5) is 0.924. The van der Waals surface area contributed by atoms with E-state index in [0.29, 0.717) is 19.1 Å². The fraction of sp³-hybridized carbons (Fsp3) is 0.778. The molecular formula is C9H16O2S. The van der Waals surface area contributed by atoms with Crippen LogP contribution in [0.25, 0.3) is 0 Å². The highest BCUT2D eigenvalue weighted by Crippen LogP contribution is 2.25. The second-order valence-electron chi connectivity index (χ2n) is 3.33. The zero-order valence-corrected chi connectivity index (χ0v) is 8.73. The zero-order valence-electron chi connectivity index (χ0n) is 7.83. The van der Waals surface area contributed by atoms with Gasteiger partial charge in [-0.1, -0.05) is 13.8 Å². The summed E-state index contributed by atoms with van der Waals surface area (Å²) in [6.45, 7) is 7.51. The number of allylic oxidation sites excluding steroid dienone is 1. The van der Waals surface area contributed by atoms with E-state index in [1.54, 1.807) is 0 Å². The van der Waals surface area contributed by atoms with Crippen LogP contribution in [0.5, 0.6) is 0 Å². The summed E-state index contributed by atoms with van der Waals surface area (Å²) >= 11 is 4.27. The van der Waals surface area contributed by atoms with Gasteiger partial charge in [-0.05, 0) is 12.8 Å². The van der Waals surface area contributed by atoms with Gasteiger partial charge < -0.3 is 9.47 Å². The van der Waals surface area contributed by atoms with E-state index in [1.165, 1.54) is 0 Å². The fourth-order valence-corrected chi connectivity index (χ4v) is 1.48. The maximum absolute atomic E-state index is 5.58. The highest BCUT2D eigenvalue weighted by molar-refractivity contribution is 7.84. The topological polar surface area (TPSA) is 18.5 Å². The number of rotatable bonds is 1. The first-order valence-corrected chi connectivity index (χ1v) is 4.71. The first-order valence-electron chi connectivity index (χ1n) is 4.27. The summed E-state index contributed by atoms with van der Waals surface area (Å²) in [6.07, 6.45) is 0.0937. The van der Waals surface area contributed by atoms with Crippen molar-refractivity contribution in [3.05, 3.63) is 10.7 Å². The largest absolute Gasteiger partial charge is 0.492 e. The van der Waals surface area contributed by atoms with Crippen LogP contribution in [0.1, 0.15) is 20.8 Å². The smallest absolute Gasteiger partial charge is 0.134 e. The maximum atomic E-state index is 5.58. The predicted octanol–water partition coefficient (Wildman–Crippen LogP) is 2.22. The van der Waals surface area contributed by atoms with Crippen molar-refractivity contribution in [1.29, 1.82) is 0 Å². The SMILES string of the molecule is C/C(S)=C1\OCCOC1C(C)C. The molecule has 1 saturated heterocycles. The third-order valence-electron chi connectivity index (χ3n) is 1.86. The van der Waals surface area contributed by atoms with E-state index in [9.17, 15) is 0 Å². The molecule has 0 saturated carbocycles. The molecule has 0 spiro atoms. The summed E-state index contributed by atoms with van der Waals surface area (Å²) in [7, 11) is 0. The average Bonchev–Trinajstić information content (AvgIpc) is 2.04. The lowest BCUT2D eigenvalue weighted by atomic mass is 10.0. The molecule has 2 nitrogen and oxygen atoms in total. The van der Waals surface area contributed by atoms with Crippen molar-refractivity contribution in [3.63, 3.8) is 0 Å². The van der Waals surface area contributed by atoms with Crippen LogP contribution in [-0.4, -0.2) is 19.3 Å². The summed E-state index contributed by atoms with van der Waals surface area (Å²) in [6, 6.07) is 0. The molecule has 0 aromatic rings. The molecule has 1 heterocycles. The van der Waals surface area contributed by atoms with E-state index in [1.807, 2.05) is 6.92 Å². The van der Waals surface area contributed by atoms with Crippen molar-refractivity contribution in [2.24, 2.45) is 5.92 Å². The van der Waals surface area contributed by atoms with Crippen LogP contribution in [0.4, 0.5) is 0 Å². The highest BCUT2D eigenvalue weighted by Gasteiger charge is 2.25. The van der Waals surface area contributed by atoms with Gasteiger partial charge in [0, 0.05) is 4.91 Å². The van der Waals surface area contributed by atoms with Gasteiger partial charge in [-0.25, -0.2) is 0 Å². The average molecular weight is 188 g/mol. The molecule has 1 atom stereocenters. The van der Waals surface area contributed by atoms with E-state index < -0.39 is 0 Å². The van der Waals surface area contributed by atoms with Crippen LogP contribution >= 0.6 is 12.6 Å². The monoisotopic (exact) mass is 188 g/mol. The summed E-state index contributed by atoms with van der Waals surface area (Å²) < 4.78 is 11.1. The Balaban J connectivity index is 2.75. The molecule has 0 N–H and O–H groups in total. The first-order chi connectivity index (χ1) is 5.63. The molecule has 0 radical (unpaired) electrons. The van der Waals surface area contributed by atoms with Gasteiger partial charge in [0.2, 0.25) is 0 Å². The number of thiol groups is 1. The number of hydrogen-bond acceptors (Lipinski definition) is 3. The van der Waals surface area contributed by atoms with E-state index in [0.717, 1.165) is 10.7 Å². The van der Waals surface area contributed by atoms with Crippen LogP contribution in [0, 0.1) is 5.92 Å². The molecular weight excluding hydrogens is 172 g/mol. The molecule has 1 fully saturated rings. The van der Waals surface area contributed by atoms with Crippen molar-refractivity contribution in [1.82, 2.24) is 0 Å². The van der Waals surface area contributed by atoms with Gasteiger partial charge in [-0.15, -0.1) is 12.6 Å². The predicted molar refractivity (Wildman–Crippen MR) is 52.2 cm³/mol. The Morgan fingerprint density at radius 2 is 2.17 bits per heavy atom. The summed E-state index contributed by atoms with van der Waals surface area (Å²) in [5.74, 6) is 1.35. The highest BCUT2D eigenvalue weighted by atomic mass is 32.1. The lowest BCUT2D eigenvalue weighted by Crippen LogP contribution is -2.31. The molecule has 1 rings (SSSR count). The van der Waals surface area contributed by atoms with Crippen LogP contribution in [0.3, 0.4) is 0 Å². The Bertz CT molecular complexity index is 183. The van der Waals surface area contributed by atoms with Crippen LogP contribution in [0.2, 0.25) is 0 Å². The van der Waals surface area contributed by atoms with Crippen LogP contribution in [0.15, 0.2) is 10.7 Å². The fourth-order valence-electron chi connectivity index (χ4n) is 1.29. The van der Waals surface area contributed by atoms with Crippen molar-refractivity contribution in [2.45, 2.75) is 26.9 Å². The van der Waals surface area contributed by atoms with E-state index in [-0.39, 0.29) is 6.10 Å². The minimum Gasteiger partial charge on any atom is -0.492 e. The molecule has 0 aromatic heterocycles. The minimum absolute atomic E-state index is 0.0937. The van der Waals surface area contributed by atoms with Crippen molar-refractivity contribution >= 4 is 12.6 Å². The molecule has 0 amide bonds. The molecule has 3 heteroatoms. The second kappa shape index (κ2) is 4.19. The quantitative estimate of drug-likeness (QED) is 0.636. The van der Waals surface area contributed by atoms with Gasteiger partial charge in [0.1, 0.15) is 18.5 Å². The molecule has 0 aromatic carbocycles. The molecule has 1 aliphatic rings. The summed E-state index contributed by atoms with van der Waals surface area (Å²) in [5, 5.41) is 0. The van der Waals surface area contributed by atoms with Crippen molar-refractivity contribution in [2.75, 3.05) is 13.2 Å².